The van der Waals surface area contributed by atoms with Gasteiger partial charge in [0.15, 0.2) is 0 Å². The molecule has 3 atom stereocenters. The van der Waals surface area contributed by atoms with Crippen LogP contribution in [0.3, 0.4) is 0 Å². The highest BCUT2D eigenvalue weighted by molar-refractivity contribution is 9.10. The molecule has 0 radical (unpaired) electrons. The van der Waals surface area contributed by atoms with Crippen LogP contribution in [-0.4, -0.2) is 36.2 Å². The number of piperidine rings is 1. The highest BCUT2D eigenvalue weighted by atomic mass is 79.9. The number of hydrogen-bond donors (Lipinski definition) is 2. The molecule has 168 valence electrons. The number of alkyl halides is 3. The van der Waals surface area contributed by atoms with Crippen LogP contribution in [0.2, 0.25) is 0 Å². The molecule has 8 heteroatoms. The normalized spacial score (nSPS) is 24.8. The molecule has 4 nitrogen and oxygen atoms in total. The van der Waals surface area contributed by atoms with E-state index in [-0.39, 0.29) is 0 Å². The Morgan fingerprint density at radius 1 is 0.968 bits per heavy atom. The van der Waals surface area contributed by atoms with Crippen molar-refractivity contribution in [1.29, 1.82) is 0 Å². The zero-order valence-electron chi connectivity index (χ0n) is 17.3. The molecule has 1 saturated heterocycles. The maximum absolute atomic E-state index is 12.9. The van der Waals surface area contributed by atoms with Crippen LogP contribution >= 0.6 is 15.9 Å². The first-order valence-electron chi connectivity index (χ1n) is 10.9. The molecule has 2 N–H and O–H groups in total. The van der Waals surface area contributed by atoms with Crippen LogP contribution in [0.5, 0.6) is 0 Å². The molecule has 1 aromatic heterocycles. The third-order valence-electron chi connectivity index (χ3n) is 6.25. The van der Waals surface area contributed by atoms with Crippen LogP contribution in [0.25, 0.3) is 0 Å². The number of anilines is 2. The number of nitrogens with zero attached hydrogens (tertiary/aromatic N) is 2. The van der Waals surface area contributed by atoms with Crippen molar-refractivity contribution < 1.29 is 13.2 Å². The van der Waals surface area contributed by atoms with E-state index in [9.17, 15) is 13.2 Å². The quantitative estimate of drug-likeness (QED) is 0.544. The Labute approximate surface area is 189 Å². The summed E-state index contributed by atoms with van der Waals surface area (Å²) in [5, 5.41) is 7.46. The van der Waals surface area contributed by atoms with Crippen molar-refractivity contribution in [2.45, 2.75) is 62.8 Å². The Morgan fingerprint density at radius 2 is 1.71 bits per heavy atom. The molecule has 2 heterocycles. The van der Waals surface area contributed by atoms with Crippen molar-refractivity contribution in [1.82, 2.24) is 10.3 Å². The minimum atomic E-state index is -4.29. The molecule has 1 saturated carbocycles. The lowest BCUT2D eigenvalue weighted by atomic mass is 9.89. The lowest BCUT2D eigenvalue weighted by molar-refractivity contribution is -0.137. The van der Waals surface area contributed by atoms with Crippen molar-refractivity contribution >= 4 is 27.4 Å². The first kappa shape index (κ1) is 22.4. The number of aromatic nitrogens is 1. The number of halogens is 4. The van der Waals surface area contributed by atoms with Gasteiger partial charge in [-0.2, -0.15) is 13.2 Å². The van der Waals surface area contributed by atoms with Gasteiger partial charge in [0.2, 0.25) is 0 Å². The SMILES string of the molecule is FC(F)(F)c1ccc(N2CCCC(NC3CCCCC3Nc3cc(Br)ccn3)C2)cc1. The molecular formula is C23H28BrF3N4. The fourth-order valence-electron chi connectivity index (χ4n) is 4.69. The minimum absolute atomic E-state index is 0.317. The smallest absolute Gasteiger partial charge is 0.370 e. The second-order valence-corrected chi connectivity index (χ2v) is 9.41. The molecule has 2 aliphatic rings. The van der Waals surface area contributed by atoms with Crippen LogP contribution in [0, 0.1) is 0 Å². The van der Waals surface area contributed by atoms with Crippen LogP contribution < -0.4 is 15.5 Å². The van der Waals surface area contributed by atoms with Gasteiger partial charge in [-0.3, -0.25) is 0 Å². The Kier molecular flexibility index (Phi) is 7.06. The zero-order chi connectivity index (χ0) is 21.8. The summed E-state index contributed by atoms with van der Waals surface area (Å²) in [6.07, 6.45) is 4.22. The van der Waals surface area contributed by atoms with Gasteiger partial charge in [0, 0.05) is 47.6 Å². The number of benzene rings is 1. The summed E-state index contributed by atoms with van der Waals surface area (Å²) in [6.45, 7) is 1.68. The van der Waals surface area contributed by atoms with Crippen LogP contribution in [0.1, 0.15) is 44.1 Å². The molecule has 0 bridgehead atoms. The number of hydrogen-bond acceptors (Lipinski definition) is 4. The van der Waals surface area contributed by atoms with Gasteiger partial charge < -0.3 is 15.5 Å². The summed E-state index contributed by atoms with van der Waals surface area (Å²) >= 11 is 3.50. The molecule has 3 unspecified atom stereocenters. The Morgan fingerprint density at radius 3 is 2.42 bits per heavy atom. The predicted octanol–water partition coefficient (Wildman–Crippen LogP) is 5.84. The van der Waals surface area contributed by atoms with Gasteiger partial charge in [0.25, 0.3) is 0 Å². The topological polar surface area (TPSA) is 40.2 Å². The predicted molar refractivity (Wildman–Crippen MR) is 121 cm³/mol. The molecule has 2 aromatic rings. The van der Waals surface area contributed by atoms with Crippen molar-refractivity contribution in [3.8, 4) is 0 Å². The average Bonchev–Trinajstić information content (AvgIpc) is 2.75. The molecular weight excluding hydrogens is 469 g/mol. The molecule has 4 rings (SSSR count). The largest absolute Gasteiger partial charge is 0.416 e. The van der Waals surface area contributed by atoms with E-state index in [4.69, 9.17) is 0 Å². The van der Waals surface area contributed by atoms with Crippen molar-refractivity contribution in [3.63, 3.8) is 0 Å². The second kappa shape index (κ2) is 9.77. The highest BCUT2D eigenvalue weighted by Gasteiger charge is 2.31. The monoisotopic (exact) mass is 496 g/mol. The van der Waals surface area contributed by atoms with E-state index in [0.717, 1.165) is 54.8 Å². The van der Waals surface area contributed by atoms with Gasteiger partial charge >= 0.3 is 6.18 Å². The molecule has 1 aromatic carbocycles. The zero-order valence-corrected chi connectivity index (χ0v) is 18.9. The molecule has 1 aliphatic heterocycles. The fraction of sp³-hybridized carbons (Fsp3) is 0.522. The number of pyridine rings is 1. The first-order chi connectivity index (χ1) is 14.9. The standard InChI is InChI=1S/C23H28BrF3N4/c24-17-11-12-28-22(14-17)30-21-6-2-1-5-20(21)29-18-4-3-13-31(15-18)19-9-7-16(8-10-19)23(25,26)27/h7-12,14,18,20-21,29H,1-6,13,15H2,(H,28,30). The summed E-state index contributed by atoms with van der Waals surface area (Å²) in [4.78, 5) is 6.63. The summed E-state index contributed by atoms with van der Waals surface area (Å²) in [5.74, 6) is 0.878. The van der Waals surface area contributed by atoms with E-state index < -0.39 is 11.7 Å². The number of nitrogens with one attached hydrogen (secondary N) is 2. The fourth-order valence-corrected chi connectivity index (χ4v) is 5.02. The molecule has 2 fully saturated rings. The van der Waals surface area contributed by atoms with Gasteiger partial charge in [-0.25, -0.2) is 4.98 Å². The van der Waals surface area contributed by atoms with Gasteiger partial charge in [0.1, 0.15) is 5.82 Å². The lowest BCUT2D eigenvalue weighted by Gasteiger charge is -2.40. The summed E-state index contributed by atoms with van der Waals surface area (Å²) in [6, 6.07) is 10.4. The van der Waals surface area contributed by atoms with E-state index in [1.807, 2.05) is 12.1 Å². The lowest BCUT2D eigenvalue weighted by Crippen LogP contribution is -2.55. The maximum atomic E-state index is 12.9. The van der Waals surface area contributed by atoms with Crippen molar-refractivity contribution in [2.24, 2.45) is 0 Å². The van der Waals surface area contributed by atoms with Crippen LogP contribution in [0.4, 0.5) is 24.7 Å². The average molecular weight is 497 g/mol. The van der Waals surface area contributed by atoms with Gasteiger partial charge in [-0.1, -0.05) is 28.8 Å². The first-order valence-corrected chi connectivity index (χ1v) is 11.7. The summed E-state index contributed by atoms with van der Waals surface area (Å²) < 4.78 is 39.6. The van der Waals surface area contributed by atoms with Gasteiger partial charge in [0.05, 0.1) is 5.56 Å². The minimum Gasteiger partial charge on any atom is -0.370 e. The summed E-state index contributed by atoms with van der Waals surface area (Å²) in [7, 11) is 0. The molecule has 1 aliphatic carbocycles. The maximum Gasteiger partial charge on any atom is 0.416 e. The van der Waals surface area contributed by atoms with E-state index in [2.05, 4.69) is 36.4 Å². The van der Waals surface area contributed by atoms with E-state index in [1.165, 1.54) is 25.0 Å². The highest BCUT2D eigenvalue weighted by Crippen LogP contribution is 2.31. The third-order valence-corrected chi connectivity index (χ3v) is 6.75. The Hall–Kier alpha value is -1.80. The Balaban J connectivity index is 1.38. The van der Waals surface area contributed by atoms with E-state index in [1.54, 1.807) is 18.3 Å². The van der Waals surface area contributed by atoms with Crippen LogP contribution in [-0.2, 0) is 6.18 Å². The van der Waals surface area contributed by atoms with Crippen molar-refractivity contribution in [2.75, 3.05) is 23.3 Å². The van der Waals surface area contributed by atoms with Crippen LogP contribution in [0.15, 0.2) is 47.1 Å². The third kappa shape index (κ3) is 5.92. The van der Waals surface area contributed by atoms with E-state index in [0.29, 0.717) is 18.1 Å². The molecule has 31 heavy (non-hydrogen) atoms. The summed E-state index contributed by atoms with van der Waals surface area (Å²) in [5.41, 5.74) is 0.261. The number of rotatable bonds is 5. The van der Waals surface area contributed by atoms with Gasteiger partial charge in [-0.15, -0.1) is 0 Å². The Bertz CT molecular complexity index is 859. The molecule has 0 amide bonds. The van der Waals surface area contributed by atoms with Crippen molar-refractivity contribution in [3.05, 3.63) is 52.6 Å². The second-order valence-electron chi connectivity index (χ2n) is 8.50. The van der Waals surface area contributed by atoms with Gasteiger partial charge in [-0.05, 0) is 62.1 Å². The van der Waals surface area contributed by atoms with E-state index >= 15 is 0 Å². The molecule has 0 spiro atoms.